The fraction of sp³-hybridized carbons (Fsp3) is 0.750. The lowest BCUT2D eigenvalue weighted by atomic mass is 10.4. The molecule has 0 atom stereocenters. The van der Waals surface area contributed by atoms with E-state index in [0.717, 1.165) is 0 Å². The minimum Gasteiger partial charge on any atom is -0.224 e. The quantitative estimate of drug-likeness (QED) is 0.457. The second-order valence-corrected chi connectivity index (χ2v) is 8.20. The first kappa shape index (κ1) is 12.4. The van der Waals surface area contributed by atoms with Gasteiger partial charge in [0, 0.05) is 25.6 Å². The van der Waals surface area contributed by atoms with Gasteiger partial charge in [0.1, 0.15) is 22.9 Å². The summed E-state index contributed by atoms with van der Waals surface area (Å²) in [5.41, 5.74) is 2.78. The van der Waals surface area contributed by atoms with Gasteiger partial charge < -0.3 is 0 Å². The number of nitrogens with zero attached hydrogens (tertiary/aromatic N) is 2. The molecule has 1 aromatic heterocycles. The van der Waals surface area contributed by atoms with Gasteiger partial charge in [-0.1, -0.05) is 0 Å². The second kappa shape index (κ2) is 5.05. The van der Waals surface area contributed by atoms with Crippen LogP contribution in [0.5, 0.6) is 0 Å². The molecule has 0 saturated carbocycles. The summed E-state index contributed by atoms with van der Waals surface area (Å²) in [4.78, 5) is 0. The molecule has 1 aromatic rings. The van der Waals surface area contributed by atoms with Crippen molar-refractivity contribution in [2.75, 3.05) is 16.6 Å². The van der Waals surface area contributed by atoms with Crippen molar-refractivity contribution in [3.8, 4) is 0 Å². The fourth-order valence-corrected chi connectivity index (χ4v) is 6.28. The molecule has 0 radical (unpaired) electrons. The van der Waals surface area contributed by atoms with Crippen molar-refractivity contribution >= 4 is 22.7 Å². The third-order valence-corrected chi connectivity index (χ3v) is 7.92. The van der Waals surface area contributed by atoms with Gasteiger partial charge in [-0.2, -0.15) is 0 Å². The first-order chi connectivity index (χ1) is 7.61. The third kappa shape index (κ3) is 2.28. The Morgan fingerprint density at radius 1 is 1.31 bits per heavy atom. The van der Waals surface area contributed by atoms with Crippen molar-refractivity contribution < 1.29 is 4.57 Å². The Bertz CT molecular complexity index is 353. The maximum absolute atomic E-state index is 2.33. The van der Waals surface area contributed by atoms with Crippen LogP contribution < -0.4 is 4.57 Å². The molecule has 90 valence electrons. The summed E-state index contributed by atoms with van der Waals surface area (Å²) in [6.45, 7) is 4.41. The largest absolute Gasteiger partial charge is 0.322 e. The zero-order valence-corrected chi connectivity index (χ0v) is 12.4. The molecule has 0 bridgehead atoms. The van der Waals surface area contributed by atoms with Gasteiger partial charge in [0.25, 0.3) is 0 Å². The molecule has 2 rings (SSSR count). The van der Waals surface area contributed by atoms with Crippen LogP contribution in [0.1, 0.15) is 24.2 Å². The average Bonchev–Trinajstić information content (AvgIpc) is 2.84. The third-order valence-electron chi connectivity index (χ3n) is 3.57. The molecule has 0 aliphatic carbocycles. The molecule has 0 amide bonds. The van der Waals surface area contributed by atoms with E-state index in [0.29, 0.717) is 10.9 Å². The Hall–Kier alpha value is -0.0900. The Morgan fingerprint density at radius 3 is 2.44 bits per heavy atom. The average molecular weight is 258 g/mol. The van der Waals surface area contributed by atoms with Crippen LogP contribution in [0.2, 0.25) is 0 Å². The van der Waals surface area contributed by atoms with Crippen LogP contribution in [0.3, 0.4) is 0 Å². The van der Waals surface area contributed by atoms with Gasteiger partial charge in [0.05, 0.1) is 14.1 Å². The Labute approximate surface area is 106 Å². The van der Waals surface area contributed by atoms with E-state index in [2.05, 4.69) is 37.1 Å². The Kier molecular flexibility index (Phi) is 3.90. The first-order valence-corrected chi connectivity index (χ1v) is 8.62. The van der Waals surface area contributed by atoms with Crippen molar-refractivity contribution in [3.05, 3.63) is 11.4 Å². The molecule has 2 nitrogen and oxygen atoms in total. The number of aromatic nitrogens is 2. The second-order valence-electron chi connectivity index (χ2n) is 4.56. The fourth-order valence-electron chi connectivity index (χ4n) is 2.16. The topological polar surface area (TPSA) is 8.81 Å². The number of imidazole rings is 1. The summed E-state index contributed by atoms with van der Waals surface area (Å²) >= 11 is 2.04. The van der Waals surface area contributed by atoms with Gasteiger partial charge in [-0.15, -0.1) is 0 Å². The molecule has 1 fully saturated rings. The van der Waals surface area contributed by atoms with Crippen LogP contribution in [0.15, 0.2) is 5.16 Å². The maximum atomic E-state index is 2.33. The highest BCUT2D eigenvalue weighted by atomic mass is 32.2. The van der Waals surface area contributed by atoms with Crippen LogP contribution in [-0.4, -0.2) is 21.2 Å². The highest BCUT2D eigenvalue weighted by Gasteiger charge is 2.28. The molecule has 1 aliphatic rings. The van der Waals surface area contributed by atoms with E-state index in [-0.39, 0.29) is 0 Å². The molecular formula is C12H22N2S2+2. The minimum absolute atomic E-state index is 0.695. The predicted octanol–water partition coefficient (Wildman–Crippen LogP) is 1.93. The Morgan fingerprint density at radius 2 is 1.94 bits per heavy atom. The molecule has 16 heavy (non-hydrogen) atoms. The zero-order valence-electron chi connectivity index (χ0n) is 10.7. The molecule has 0 unspecified atom stereocenters. The molecule has 0 spiro atoms. The predicted molar refractivity (Wildman–Crippen MR) is 73.1 cm³/mol. The Balaban J connectivity index is 2.06. The van der Waals surface area contributed by atoms with Gasteiger partial charge >= 0.3 is 5.16 Å². The highest BCUT2D eigenvalue weighted by Crippen LogP contribution is 2.24. The zero-order chi connectivity index (χ0) is 11.7. The van der Waals surface area contributed by atoms with Crippen LogP contribution in [0, 0.1) is 13.8 Å². The summed E-state index contributed by atoms with van der Waals surface area (Å²) in [6.07, 6.45) is 2.92. The summed E-state index contributed by atoms with van der Waals surface area (Å²) in [6, 6.07) is 0. The van der Waals surface area contributed by atoms with Crippen LogP contribution in [0.25, 0.3) is 0 Å². The van der Waals surface area contributed by atoms with Crippen LogP contribution in [-0.2, 0) is 25.0 Å². The molecule has 0 aromatic carbocycles. The molecule has 4 heteroatoms. The van der Waals surface area contributed by atoms with Gasteiger partial charge in [0.15, 0.2) is 5.08 Å². The number of hydrogen-bond acceptors (Lipinski definition) is 1. The monoisotopic (exact) mass is 258 g/mol. The van der Waals surface area contributed by atoms with Crippen molar-refractivity contribution in [1.82, 2.24) is 4.57 Å². The van der Waals surface area contributed by atoms with E-state index >= 15 is 0 Å². The van der Waals surface area contributed by atoms with Crippen LogP contribution >= 0.6 is 11.8 Å². The lowest BCUT2D eigenvalue weighted by Gasteiger charge is -1.99. The van der Waals surface area contributed by atoms with Crippen molar-refractivity contribution in [1.29, 1.82) is 0 Å². The highest BCUT2D eigenvalue weighted by molar-refractivity contribution is 8.14. The van der Waals surface area contributed by atoms with Gasteiger partial charge in [-0.05, 0) is 23.7 Å². The molecule has 0 N–H and O–H groups in total. The number of thioether (sulfide) groups is 1. The van der Waals surface area contributed by atoms with E-state index < -0.39 is 0 Å². The van der Waals surface area contributed by atoms with Gasteiger partial charge in [-0.25, -0.2) is 9.13 Å². The SMILES string of the molecule is Cc1c(C)[n+](C)c(SC[S+]2CCCC2)n1C. The molecule has 1 aliphatic heterocycles. The van der Waals surface area contributed by atoms with E-state index in [9.17, 15) is 0 Å². The van der Waals surface area contributed by atoms with Crippen molar-refractivity contribution in [2.24, 2.45) is 14.1 Å². The maximum Gasteiger partial charge on any atom is 0.322 e. The van der Waals surface area contributed by atoms with Crippen molar-refractivity contribution in [2.45, 2.75) is 31.8 Å². The summed E-state index contributed by atoms with van der Waals surface area (Å²) < 4.78 is 4.67. The van der Waals surface area contributed by atoms with Gasteiger partial charge in [-0.3, -0.25) is 0 Å². The molecular weight excluding hydrogens is 236 g/mol. The van der Waals surface area contributed by atoms with E-state index in [4.69, 9.17) is 0 Å². The number of rotatable bonds is 3. The van der Waals surface area contributed by atoms with Gasteiger partial charge in [0.2, 0.25) is 0 Å². The summed E-state index contributed by atoms with van der Waals surface area (Å²) in [5.74, 6) is 2.94. The number of hydrogen-bond donors (Lipinski definition) is 0. The lowest BCUT2D eigenvalue weighted by Crippen LogP contribution is -2.32. The van der Waals surface area contributed by atoms with Crippen LogP contribution in [0.4, 0.5) is 0 Å². The van der Waals surface area contributed by atoms with E-state index in [1.165, 1.54) is 46.0 Å². The van der Waals surface area contributed by atoms with E-state index in [1.807, 2.05) is 11.8 Å². The smallest absolute Gasteiger partial charge is 0.224 e. The molecule has 1 saturated heterocycles. The normalized spacial score (nSPS) is 17.2. The standard InChI is InChI=1S/C12H22N2S2/c1-10-11(2)14(4)12(13(10)3)15-9-16-7-5-6-8-16/h5-9H2,1-4H3/q+2. The summed E-state index contributed by atoms with van der Waals surface area (Å²) in [7, 11) is 5.06. The molecule has 2 heterocycles. The van der Waals surface area contributed by atoms with E-state index in [1.54, 1.807) is 0 Å². The lowest BCUT2D eigenvalue weighted by molar-refractivity contribution is -0.715. The first-order valence-electron chi connectivity index (χ1n) is 5.90. The van der Waals surface area contributed by atoms with Crippen molar-refractivity contribution in [3.63, 3.8) is 0 Å². The minimum atomic E-state index is 0.695. The summed E-state index contributed by atoms with van der Waals surface area (Å²) in [5, 5.41) is 2.74.